The number of carbonyl (C=O) groups is 1. The van der Waals surface area contributed by atoms with Gasteiger partial charge in [-0.2, -0.15) is 0 Å². The number of thiophene rings is 1. The highest BCUT2D eigenvalue weighted by molar-refractivity contribution is 7.16. The summed E-state index contributed by atoms with van der Waals surface area (Å²) in [4.78, 5) is 12.9. The van der Waals surface area contributed by atoms with Crippen LogP contribution in [0.15, 0.2) is 36.4 Å². The van der Waals surface area contributed by atoms with Crippen LogP contribution in [0.1, 0.15) is 35.1 Å². The van der Waals surface area contributed by atoms with Crippen LogP contribution >= 0.6 is 22.9 Å². The molecule has 0 radical (unpaired) electrons. The maximum atomic E-state index is 11.9. The van der Waals surface area contributed by atoms with E-state index in [-0.39, 0.29) is 18.6 Å². The molecule has 1 aromatic heterocycles. The van der Waals surface area contributed by atoms with E-state index < -0.39 is 6.10 Å². The molecule has 0 aliphatic heterocycles. The van der Waals surface area contributed by atoms with Crippen molar-refractivity contribution in [2.24, 2.45) is 0 Å². The molecule has 0 fully saturated rings. The molecule has 6 heteroatoms. The highest BCUT2D eigenvalue weighted by atomic mass is 35.5. The molecule has 3 N–H and O–H groups in total. The van der Waals surface area contributed by atoms with Crippen molar-refractivity contribution in [2.45, 2.75) is 26.0 Å². The normalized spacial score (nSPS) is 13.5. The van der Waals surface area contributed by atoms with Crippen LogP contribution in [0.2, 0.25) is 4.34 Å². The lowest BCUT2D eigenvalue weighted by Gasteiger charge is -2.17. The molecule has 0 spiro atoms. The molecule has 4 nitrogen and oxygen atoms in total. The van der Waals surface area contributed by atoms with Crippen molar-refractivity contribution in [3.63, 3.8) is 0 Å². The van der Waals surface area contributed by atoms with Gasteiger partial charge >= 0.3 is 6.03 Å². The molecule has 0 aliphatic carbocycles. The molecule has 2 amide bonds. The van der Waals surface area contributed by atoms with Gasteiger partial charge in [0.2, 0.25) is 0 Å². The van der Waals surface area contributed by atoms with Crippen LogP contribution in [0.25, 0.3) is 0 Å². The first-order chi connectivity index (χ1) is 10.5. The SMILES string of the molecule is Cc1ccccc1C(O)CNC(=O)NC(C)c1ccc(Cl)s1. The Morgan fingerprint density at radius 3 is 2.68 bits per heavy atom. The second kappa shape index (κ2) is 7.63. The number of amides is 2. The molecule has 2 aromatic rings. The molecule has 22 heavy (non-hydrogen) atoms. The monoisotopic (exact) mass is 338 g/mol. The lowest BCUT2D eigenvalue weighted by Crippen LogP contribution is -2.38. The van der Waals surface area contributed by atoms with Crippen LogP contribution in [-0.4, -0.2) is 17.7 Å². The van der Waals surface area contributed by atoms with Gasteiger partial charge < -0.3 is 15.7 Å². The maximum absolute atomic E-state index is 11.9. The fourth-order valence-electron chi connectivity index (χ4n) is 2.14. The predicted molar refractivity (Wildman–Crippen MR) is 90.4 cm³/mol. The molecular weight excluding hydrogens is 320 g/mol. The van der Waals surface area contributed by atoms with Gasteiger partial charge in [0, 0.05) is 11.4 Å². The number of carbonyl (C=O) groups excluding carboxylic acids is 1. The van der Waals surface area contributed by atoms with E-state index in [0.29, 0.717) is 4.34 Å². The Hall–Kier alpha value is -1.56. The van der Waals surface area contributed by atoms with E-state index >= 15 is 0 Å². The molecule has 118 valence electrons. The highest BCUT2D eigenvalue weighted by Gasteiger charge is 2.14. The molecule has 2 atom stereocenters. The van der Waals surface area contributed by atoms with Crippen molar-refractivity contribution in [1.29, 1.82) is 0 Å². The van der Waals surface area contributed by atoms with Crippen LogP contribution < -0.4 is 10.6 Å². The number of rotatable bonds is 5. The standard InChI is InChI=1S/C16H19ClN2O2S/c1-10-5-3-4-6-12(10)13(20)9-18-16(21)19-11(2)14-7-8-15(17)22-14/h3-8,11,13,20H,9H2,1-2H3,(H2,18,19,21). The Kier molecular flexibility index (Phi) is 5.83. The summed E-state index contributed by atoms with van der Waals surface area (Å²) in [5.74, 6) is 0. The van der Waals surface area contributed by atoms with Gasteiger partial charge in [-0.15, -0.1) is 11.3 Å². The van der Waals surface area contributed by atoms with Crippen molar-refractivity contribution in [3.8, 4) is 0 Å². The van der Waals surface area contributed by atoms with Crippen molar-refractivity contribution in [3.05, 3.63) is 56.7 Å². The summed E-state index contributed by atoms with van der Waals surface area (Å²) in [5, 5.41) is 15.7. The van der Waals surface area contributed by atoms with Crippen LogP contribution in [-0.2, 0) is 0 Å². The zero-order valence-electron chi connectivity index (χ0n) is 12.5. The predicted octanol–water partition coefficient (Wildman–Crippen LogP) is 3.80. The van der Waals surface area contributed by atoms with Crippen LogP contribution in [0, 0.1) is 6.92 Å². The average Bonchev–Trinajstić information content (AvgIpc) is 2.92. The lowest BCUT2D eigenvalue weighted by atomic mass is 10.0. The van der Waals surface area contributed by atoms with Gasteiger partial charge in [-0.25, -0.2) is 4.79 Å². The molecule has 0 aliphatic rings. The number of hydrogen-bond donors (Lipinski definition) is 3. The number of aryl methyl sites for hydroxylation is 1. The van der Waals surface area contributed by atoms with Gasteiger partial charge in [0.25, 0.3) is 0 Å². The van der Waals surface area contributed by atoms with Gasteiger partial charge in [-0.05, 0) is 37.1 Å². The van der Waals surface area contributed by atoms with Gasteiger partial charge in [-0.3, -0.25) is 0 Å². The first-order valence-electron chi connectivity index (χ1n) is 7.00. The number of aliphatic hydroxyl groups is 1. The molecule has 2 rings (SSSR count). The Morgan fingerprint density at radius 1 is 1.32 bits per heavy atom. The minimum absolute atomic E-state index is 0.131. The lowest BCUT2D eigenvalue weighted by molar-refractivity contribution is 0.172. The molecule has 0 bridgehead atoms. The van der Waals surface area contributed by atoms with E-state index in [0.717, 1.165) is 16.0 Å². The van der Waals surface area contributed by atoms with Crippen molar-refractivity contribution in [2.75, 3.05) is 6.54 Å². The van der Waals surface area contributed by atoms with Crippen LogP contribution in [0.3, 0.4) is 0 Å². The molecule has 1 aromatic carbocycles. The third-order valence-corrected chi connectivity index (χ3v) is 4.79. The van der Waals surface area contributed by atoms with Crippen molar-refractivity contribution < 1.29 is 9.90 Å². The van der Waals surface area contributed by atoms with Gasteiger partial charge in [0.1, 0.15) is 0 Å². The van der Waals surface area contributed by atoms with Gasteiger partial charge in [0.05, 0.1) is 16.5 Å². The quantitative estimate of drug-likeness (QED) is 0.776. The Morgan fingerprint density at radius 2 is 2.05 bits per heavy atom. The van der Waals surface area contributed by atoms with Gasteiger partial charge in [-0.1, -0.05) is 35.9 Å². The minimum Gasteiger partial charge on any atom is -0.387 e. The van der Waals surface area contributed by atoms with E-state index in [9.17, 15) is 9.90 Å². The van der Waals surface area contributed by atoms with Gasteiger partial charge in [0.15, 0.2) is 0 Å². The Labute approximate surface area is 139 Å². The second-order valence-corrected chi connectivity index (χ2v) is 6.84. The number of aliphatic hydroxyl groups excluding tert-OH is 1. The van der Waals surface area contributed by atoms with Crippen LogP contribution in [0.4, 0.5) is 4.79 Å². The molecule has 2 unspecified atom stereocenters. The van der Waals surface area contributed by atoms with E-state index in [1.54, 1.807) is 6.07 Å². The fraction of sp³-hybridized carbons (Fsp3) is 0.312. The highest BCUT2D eigenvalue weighted by Crippen LogP contribution is 2.26. The smallest absolute Gasteiger partial charge is 0.315 e. The van der Waals surface area contributed by atoms with E-state index in [1.807, 2.05) is 44.2 Å². The van der Waals surface area contributed by atoms with E-state index in [4.69, 9.17) is 11.6 Å². The Bertz CT molecular complexity index is 645. The fourth-order valence-corrected chi connectivity index (χ4v) is 3.20. The minimum atomic E-state index is -0.724. The summed E-state index contributed by atoms with van der Waals surface area (Å²) in [5.41, 5.74) is 1.82. The summed E-state index contributed by atoms with van der Waals surface area (Å²) in [6, 6.07) is 10.8. The number of benzene rings is 1. The number of hydrogen-bond acceptors (Lipinski definition) is 3. The first kappa shape index (κ1) is 16.8. The topological polar surface area (TPSA) is 61.4 Å². The zero-order valence-corrected chi connectivity index (χ0v) is 14.0. The molecule has 0 saturated heterocycles. The summed E-state index contributed by atoms with van der Waals surface area (Å²) in [6.07, 6.45) is -0.724. The summed E-state index contributed by atoms with van der Waals surface area (Å²) >= 11 is 7.32. The summed E-state index contributed by atoms with van der Waals surface area (Å²) < 4.78 is 0.694. The maximum Gasteiger partial charge on any atom is 0.315 e. The van der Waals surface area contributed by atoms with E-state index in [2.05, 4.69) is 10.6 Å². The summed E-state index contributed by atoms with van der Waals surface area (Å²) in [7, 11) is 0. The largest absolute Gasteiger partial charge is 0.387 e. The average molecular weight is 339 g/mol. The third-order valence-electron chi connectivity index (χ3n) is 3.37. The number of urea groups is 1. The van der Waals surface area contributed by atoms with Crippen LogP contribution in [0.5, 0.6) is 0 Å². The zero-order chi connectivity index (χ0) is 16.1. The molecule has 1 heterocycles. The molecule has 0 saturated carbocycles. The summed E-state index contributed by atoms with van der Waals surface area (Å²) in [6.45, 7) is 3.98. The van der Waals surface area contributed by atoms with Crippen molar-refractivity contribution >= 4 is 29.0 Å². The van der Waals surface area contributed by atoms with E-state index in [1.165, 1.54) is 11.3 Å². The number of nitrogens with one attached hydrogen (secondary N) is 2. The molecular formula is C16H19ClN2O2S. The first-order valence-corrected chi connectivity index (χ1v) is 8.20. The Balaban J connectivity index is 1.84. The number of halogens is 1. The third kappa shape index (κ3) is 4.47. The second-order valence-electron chi connectivity index (χ2n) is 5.09. The van der Waals surface area contributed by atoms with Crippen molar-refractivity contribution in [1.82, 2.24) is 10.6 Å².